The van der Waals surface area contributed by atoms with Gasteiger partial charge in [0.1, 0.15) is 11.6 Å². The molecule has 0 saturated heterocycles. The number of carbonyl (C=O) groups is 1. The number of hydrogen-bond acceptors (Lipinski definition) is 6. The highest BCUT2D eigenvalue weighted by Gasteiger charge is 2.18. The third-order valence-electron chi connectivity index (χ3n) is 6.54. The summed E-state index contributed by atoms with van der Waals surface area (Å²) in [5.41, 5.74) is 1.05. The lowest BCUT2D eigenvalue weighted by molar-refractivity contribution is 0.0948. The van der Waals surface area contributed by atoms with Crippen molar-refractivity contribution >= 4 is 16.8 Å². The molecule has 0 bridgehead atoms. The van der Waals surface area contributed by atoms with E-state index in [9.17, 15) is 18.8 Å². The van der Waals surface area contributed by atoms with Crippen molar-refractivity contribution in [2.24, 2.45) is 0 Å². The fourth-order valence-corrected chi connectivity index (χ4v) is 4.44. The molecule has 204 valence electrons. The van der Waals surface area contributed by atoms with Crippen LogP contribution in [0.4, 0.5) is 4.39 Å². The number of furan rings is 1. The number of ether oxygens (including phenoxy) is 2. The first-order valence-corrected chi connectivity index (χ1v) is 12.4. The van der Waals surface area contributed by atoms with Gasteiger partial charge in [-0.15, -0.1) is 0 Å². The molecule has 0 aliphatic heterocycles. The summed E-state index contributed by atoms with van der Waals surface area (Å²) in [4.78, 5) is 39.8. The number of hydrogen-bond donors (Lipinski definition) is 1. The number of rotatable bonds is 9. The first-order valence-electron chi connectivity index (χ1n) is 12.4. The molecular weight excluding hydrogens is 517 g/mol. The van der Waals surface area contributed by atoms with Crippen LogP contribution in [0.1, 0.15) is 27.2 Å². The van der Waals surface area contributed by atoms with E-state index in [2.05, 4.69) is 5.32 Å². The number of aromatic nitrogens is 2. The summed E-state index contributed by atoms with van der Waals surface area (Å²) in [6, 6.07) is 19.1. The molecule has 0 spiro atoms. The van der Waals surface area contributed by atoms with Crippen LogP contribution in [-0.4, -0.2) is 29.3 Å². The minimum atomic E-state index is -0.547. The average Bonchev–Trinajstić information content (AvgIpc) is 3.50. The van der Waals surface area contributed by atoms with Crippen LogP contribution in [0.25, 0.3) is 10.9 Å². The topological polar surface area (TPSA) is 105 Å². The second-order valence-electron chi connectivity index (χ2n) is 9.07. The molecule has 0 radical (unpaired) electrons. The molecule has 3 aromatic carbocycles. The zero-order chi connectivity index (χ0) is 28.2. The van der Waals surface area contributed by atoms with E-state index in [1.54, 1.807) is 60.7 Å². The van der Waals surface area contributed by atoms with Gasteiger partial charge in [-0.1, -0.05) is 24.3 Å². The monoisotopic (exact) mass is 543 g/mol. The van der Waals surface area contributed by atoms with Crippen LogP contribution in [0.15, 0.2) is 93.1 Å². The van der Waals surface area contributed by atoms with E-state index in [-0.39, 0.29) is 30.9 Å². The lowest BCUT2D eigenvalue weighted by atomic mass is 10.1. The predicted molar refractivity (Wildman–Crippen MR) is 146 cm³/mol. The minimum absolute atomic E-state index is 0.0281. The van der Waals surface area contributed by atoms with Crippen molar-refractivity contribution < 1.29 is 23.1 Å². The molecule has 0 aliphatic rings. The smallest absolute Gasteiger partial charge is 0.332 e. The fourth-order valence-electron chi connectivity index (χ4n) is 4.44. The summed E-state index contributed by atoms with van der Waals surface area (Å²) >= 11 is 0. The Morgan fingerprint density at radius 3 is 2.12 bits per heavy atom. The molecule has 9 nitrogen and oxygen atoms in total. The molecule has 0 unspecified atom stereocenters. The van der Waals surface area contributed by atoms with Gasteiger partial charge in [-0.3, -0.25) is 18.7 Å². The summed E-state index contributed by atoms with van der Waals surface area (Å²) in [7, 11) is 2.93. The van der Waals surface area contributed by atoms with Crippen molar-refractivity contribution in [3.8, 4) is 11.5 Å². The van der Waals surface area contributed by atoms with Gasteiger partial charge >= 0.3 is 5.69 Å². The first kappa shape index (κ1) is 26.5. The highest BCUT2D eigenvalue weighted by atomic mass is 19.1. The Labute approximate surface area is 228 Å². The summed E-state index contributed by atoms with van der Waals surface area (Å²) in [6.07, 6.45) is 1.53. The van der Waals surface area contributed by atoms with Crippen molar-refractivity contribution in [2.75, 3.05) is 14.2 Å². The van der Waals surface area contributed by atoms with Gasteiger partial charge in [0.2, 0.25) is 0 Å². The number of carbonyl (C=O) groups excluding carboxylic acids is 1. The predicted octanol–water partition coefficient (Wildman–Crippen LogP) is 3.94. The molecule has 40 heavy (non-hydrogen) atoms. The molecule has 1 amide bonds. The van der Waals surface area contributed by atoms with Gasteiger partial charge in [-0.05, 0) is 53.6 Å². The minimum Gasteiger partial charge on any atom is -0.493 e. The molecule has 2 heterocycles. The third kappa shape index (κ3) is 5.37. The van der Waals surface area contributed by atoms with Gasteiger partial charge in [0.25, 0.3) is 11.5 Å². The number of nitrogens with zero attached hydrogens (tertiary/aromatic N) is 2. The Hall–Kier alpha value is -5.12. The number of fused-ring (bicyclic) bond motifs is 1. The molecule has 2 aromatic heterocycles. The van der Waals surface area contributed by atoms with Crippen LogP contribution >= 0.6 is 0 Å². The molecule has 0 aliphatic carbocycles. The Kier molecular flexibility index (Phi) is 7.50. The molecular formula is C30H26FN3O6. The third-order valence-corrected chi connectivity index (χ3v) is 6.54. The van der Waals surface area contributed by atoms with Crippen molar-refractivity contribution in [1.29, 1.82) is 0 Å². The van der Waals surface area contributed by atoms with E-state index in [4.69, 9.17) is 13.9 Å². The maximum atomic E-state index is 13.7. The summed E-state index contributed by atoms with van der Waals surface area (Å²) in [5.74, 6) is 0.659. The highest BCUT2D eigenvalue weighted by Crippen LogP contribution is 2.30. The SMILES string of the molecule is COc1cc2c(=O)n(Cc3ccc(C(=O)NCc4ccco4)cc3)c(=O)n(Cc3ccc(F)cc3)c2cc1OC. The second-order valence-corrected chi connectivity index (χ2v) is 9.07. The molecule has 5 aromatic rings. The van der Waals surface area contributed by atoms with Crippen molar-refractivity contribution in [3.05, 3.63) is 128 Å². The van der Waals surface area contributed by atoms with Crippen LogP contribution < -0.4 is 26.0 Å². The molecule has 10 heteroatoms. The highest BCUT2D eigenvalue weighted by molar-refractivity contribution is 5.94. The number of nitrogens with one attached hydrogen (secondary N) is 1. The Bertz CT molecular complexity index is 1770. The molecule has 0 fully saturated rings. The molecule has 0 atom stereocenters. The van der Waals surface area contributed by atoms with Crippen molar-refractivity contribution in [3.63, 3.8) is 0 Å². The summed E-state index contributed by atoms with van der Waals surface area (Å²) in [6.45, 7) is 0.321. The van der Waals surface area contributed by atoms with Crippen LogP contribution in [0, 0.1) is 5.82 Å². The Morgan fingerprint density at radius 1 is 0.875 bits per heavy atom. The van der Waals surface area contributed by atoms with Gasteiger partial charge in [0.05, 0.1) is 51.0 Å². The largest absolute Gasteiger partial charge is 0.493 e. The van der Waals surface area contributed by atoms with Gasteiger partial charge < -0.3 is 19.2 Å². The Morgan fingerprint density at radius 2 is 1.50 bits per heavy atom. The van der Waals surface area contributed by atoms with Crippen LogP contribution in [0.2, 0.25) is 0 Å². The maximum absolute atomic E-state index is 13.7. The van der Waals surface area contributed by atoms with Gasteiger partial charge in [0, 0.05) is 11.6 Å². The standard InChI is InChI=1S/C30H26FN3O6/c1-38-26-14-24-25(15-27(26)39-2)33(17-20-7-11-22(31)12-8-20)30(37)34(29(24)36)18-19-5-9-21(10-6-19)28(35)32-16-23-4-3-13-40-23/h3-15H,16-18H2,1-2H3,(H,32,35). The molecule has 1 N–H and O–H groups in total. The van der Waals surface area contributed by atoms with Gasteiger partial charge in [-0.2, -0.15) is 0 Å². The average molecular weight is 544 g/mol. The lowest BCUT2D eigenvalue weighted by Gasteiger charge is -2.17. The van der Waals surface area contributed by atoms with E-state index in [0.29, 0.717) is 39.5 Å². The van der Waals surface area contributed by atoms with E-state index < -0.39 is 17.1 Å². The fraction of sp³-hybridized carbons (Fsp3) is 0.167. The van der Waals surface area contributed by atoms with E-state index in [1.165, 1.54) is 37.2 Å². The number of halogens is 1. The maximum Gasteiger partial charge on any atom is 0.332 e. The van der Waals surface area contributed by atoms with Crippen LogP contribution in [0.3, 0.4) is 0 Å². The number of amides is 1. The zero-order valence-corrected chi connectivity index (χ0v) is 21.8. The molecule has 5 rings (SSSR count). The normalized spacial score (nSPS) is 11.0. The summed E-state index contributed by atoms with van der Waals surface area (Å²) < 4.78 is 32.1. The first-order chi connectivity index (χ1) is 19.4. The van der Waals surface area contributed by atoms with E-state index in [0.717, 1.165) is 4.57 Å². The Balaban J connectivity index is 1.51. The zero-order valence-electron chi connectivity index (χ0n) is 21.8. The van der Waals surface area contributed by atoms with Crippen LogP contribution in [-0.2, 0) is 19.6 Å². The van der Waals surface area contributed by atoms with E-state index in [1.807, 2.05) is 0 Å². The van der Waals surface area contributed by atoms with Gasteiger partial charge in [-0.25, -0.2) is 9.18 Å². The second kappa shape index (κ2) is 11.3. The van der Waals surface area contributed by atoms with Gasteiger partial charge in [0.15, 0.2) is 11.5 Å². The quantitative estimate of drug-likeness (QED) is 0.302. The number of benzene rings is 3. The van der Waals surface area contributed by atoms with Crippen LogP contribution in [0.5, 0.6) is 11.5 Å². The van der Waals surface area contributed by atoms with Crippen molar-refractivity contribution in [1.82, 2.24) is 14.5 Å². The summed E-state index contributed by atoms with van der Waals surface area (Å²) in [5, 5.41) is 3.03. The number of methoxy groups -OCH3 is 2. The van der Waals surface area contributed by atoms with Crippen molar-refractivity contribution in [2.45, 2.75) is 19.6 Å². The molecule has 0 saturated carbocycles. The van der Waals surface area contributed by atoms with E-state index >= 15 is 0 Å². The lowest BCUT2D eigenvalue weighted by Crippen LogP contribution is -2.40.